The first-order chi connectivity index (χ1) is 14.5. The number of methoxy groups -OCH3 is 2. The molecule has 1 N–H and O–H groups in total. The maximum Gasteiger partial charge on any atom is 0.258 e. The normalized spacial score (nSPS) is 10.9. The number of aromatic amines is 1. The SMILES string of the molecule is COc1cc2nc(Cc3ccc(-c4cc(C)cc(C)c4)nc3)[nH]c(=O)c2cc1OC. The van der Waals surface area contributed by atoms with Gasteiger partial charge in [-0.15, -0.1) is 0 Å². The minimum atomic E-state index is -0.212. The molecule has 0 bridgehead atoms. The second-order valence-electron chi connectivity index (χ2n) is 7.34. The van der Waals surface area contributed by atoms with Gasteiger partial charge in [-0.3, -0.25) is 9.78 Å². The number of H-pyrrole nitrogens is 1. The second-order valence-corrected chi connectivity index (χ2v) is 7.34. The summed E-state index contributed by atoms with van der Waals surface area (Å²) in [5, 5.41) is 0.458. The van der Waals surface area contributed by atoms with E-state index in [9.17, 15) is 4.79 Å². The lowest BCUT2D eigenvalue weighted by atomic mass is 10.0. The molecular weight excluding hydrogens is 378 g/mol. The van der Waals surface area contributed by atoms with Gasteiger partial charge in [0.25, 0.3) is 5.56 Å². The van der Waals surface area contributed by atoms with E-state index in [1.54, 1.807) is 19.2 Å². The van der Waals surface area contributed by atoms with Crippen molar-refractivity contribution >= 4 is 10.9 Å². The molecule has 0 aliphatic rings. The van der Waals surface area contributed by atoms with Crippen molar-refractivity contribution in [1.29, 1.82) is 0 Å². The molecule has 0 fully saturated rings. The van der Waals surface area contributed by atoms with Crippen molar-refractivity contribution in [3.63, 3.8) is 0 Å². The van der Waals surface area contributed by atoms with E-state index in [-0.39, 0.29) is 5.56 Å². The van der Waals surface area contributed by atoms with Gasteiger partial charge in [-0.2, -0.15) is 0 Å². The highest BCUT2D eigenvalue weighted by atomic mass is 16.5. The van der Waals surface area contributed by atoms with Crippen LogP contribution in [0.2, 0.25) is 0 Å². The summed E-state index contributed by atoms with van der Waals surface area (Å²) in [4.78, 5) is 24.6. The van der Waals surface area contributed by atoms with Crippen LogP contribution in [0.25, 0.3) is 22.2 Å². The average molecular weight is 401 g/mol. The third kappa shape index (κ3) is 3.89. The van der Waals surface area contributed by atoms with Crippen LogP contribution in [-0.2, 0) is 6.42 Å². The first kappa shape index (κ1) is 19.6. The molecule has 4 rings (SSSR count). The molecule has 6 nitrogen and oxygen atoms in total. The fourth-order valence-electron chi connectivity index (χ4n) is 3.61. The highest BCUT2D eigenvalue weighted by molar-refractivity contribution is 5.81. The summed E-state index contributed by atoms with van der Waals surface area (Å²) in [6, 6.07) is 13.8. The minimum absolute atomic E-state index is 0.212. The number of ether oxygens (including phenoxy) is 2. The van der Waals surface area contributed by atoms with Crippen molar-refractivity contribution in [3.05, 3.63) is 81.5 Å². The number of aryl methyl sites for hydroxylation is 2. The van der Waals surface area contributed by atoms with Gasteiger partial charge in [-0.05, 0) is 43.7 Å². The first-order valence-electron chi connectivity index (χ1n) is 9.65. The van der Waals surface area contributed by atoms with Crippen LogP contribution in [0, 0.1) is 13.8 Å². The number of hydrogen-bond donors (Lipinski definition) is 1. The molecule has 2 aromatic carbocycles. The van der Waals surface area contributed by atoms with Gasteiger partial charge >= 0.3 is 0 Å². The Bertz CT molecular complexity index is 1260. The average Bonchev–Trinajstić information content (AvgIpc) is 2.72. The zero-order valence-corrected chi connectivity index (χ0v) is 17.4. The van der Waals surface area contributed by atoms with E-state index in [1.165, 1.54) is 18.2 Å². The number of hydrogen-bond acceptors (Lipinski definition) is 5. The molecule has 0 atom stereocenters. The molecule has 30 heavy (non-hydrogen) atoms. The molecule has 2 aromatic heterocycles. The van der Waals surface area contributed by atoms with E-state index in [0.717, 1.165) is 16.8 Å². The Balaban J connectivity index is 1.64. The smallest absolute Gasteiger partial charge is 0.258 e. The van der Waals surface area contributed by atoms with Crippen molar-refractivity contribution < 1.29 is 9.47 Å². The van der Waals surface area contributed by atoms with E-state index in [1.807, 2.05) is 18.3 Å². The Morgan fingerprint density at radius 3 is 2.27 bits per heavy atom. The molecule has 0 spiro atoms. The van der Waals surface area contributed by atoms with Gasteiger partial charge < -0.3 is 14.5 Å². The molecular formula is C24H23N3O3. The third-order valence-corrected chi connectivity index (χ3v) is 4.97. The van der Waals surface area contributed by atoms with Crippen LogP contribution < -0.4 is 15.0 Å². The van der Waals surface area contributed by atoms with Gasteiger partial charge in [-0.1, -0.05) is 23.3 Å². The lowest BCUT2D eigenvalue weighted by Gasteiger charge is -2.09. The molecule has 0 aliphatic heterocycles. The Morgan fingerprint density at radius 1 is 0.933 bits per heavy atom. The highest BCUT2D eigenvalue weighted by Crippen LogP contribution is 2.30. The molecule has 0 radical (unpaired) electrons. The van der Waals surface area contributed by atoms with Crippen LogP contribution >= 0.6 is 0 Å². The lowest BCUT2D eigenvalue weighted by Crippen LogP contribution is -2.12. The molecule has 6 heteroatoms. The number of pyridine rings is 1. The van der Waals surface area contributed by atoms with Crippen molar-refractivity contribution in [3.8, 4) is 22.8 Å². The van der Waals surface area contributed by atoms with Gasteiger partial charge in [0.15, 0.2) is 11.5 Å². The van der Waals surface area contributed by atoms with Crippen LogP contribution in [-0.4, -0.2) is 29.2 Å². The van der Waals surface area contributed by atoms with Crippen molar-refractivity contribution in [2.45, 2.75) is 20.3 Å². The molecule has 152 valence electrons. The van der Waals surface area contributed by atoms with Crippen LogP contribution in [0.1, 0.15) is 22.5 Å². The Kier molecular flexibility index (Phi) is 5.23. The van der Waals surface area contributed by atoms with Gasteiger partial charge in [0, 0.05) is 24.2 Å². The van der Waals surface area contributed by atoms with Crippen molar-refractivity contribution in [2.75, 3.05) is 14.2 Å². The van der Waals surface area contributed by atoms with Gasteiger partial charge in [0.2, 0.25) is 0 Å². The van der Waals surface area contributed by atoms with Crippen LogP contribution in [0.5, 0.6) is 11.5 Å². The number of rotatable bonds is 5. The van der Waals surface area contributed by atoms with E-state index in [2.05, 4.69) is 47.0 Å². The van der Waals surface area contributed by atoms with E-state index in [4.69, 9.17) is 9.47 Å². The lowest BCUT2D eigenvalue weighted by molar-refractivity contribution is 0.355. The number of aromatic nitrogens is 3. The molecule has 0 unspecified atom stereocenters. The fourth-order valence-corrected chi connectivity index (χ4v) is 3.61. The fraction of sp³-hybridized carbons (Fsp3) is 0.208. The van der Waals surface area contributed by atoms with Gasteiger partial charge in [0.1, 0.15) is 5.82 Å². The first-order valence-corrected chi connectivity index (χ1v) is 9.65. The number of nitrogens with zero attached hydrogens (tertiary/aromatic N) is 2. The second kappa shape index (κ2) is 7.99. The standard InChI is InChI=1S/C24H23N3O3/c1-14-7-15(2)9-17(8-14)19-6-5-16(13-25-19)10-23-26-20-12-22(30-4)21(29-3)11-18(20)24(28)27-23/h5-9,11-13H,10H2,1-4H3,(H,26,27,28). The minimum Gasteiger partial charge on any atom is -0.493 e. The summed E-state index contributed by atoms with van der Waals surface area (Å²) in [6.07, 6.45) is 2.30. The Hall–Kier alpha value is -3.67. The van der Waals surface area contributed by atoms with Gasteiger partial charge in [-0.25, -0.2) is 4.98 Å². The van der Waals surface area contributed by atoms with Crippen LogP contribution in [0.4, 0.5) is 0 Å². The van der Waals surface area contributed by atoms with Crippen LogP contribution in [0.3, 0.4) is 0 Å². The van der Waals surface area contributed by atoms with Gasteiger partial charge in [0.05, 0.1) is 30.8 Å². The zero-order valence-electron chi connectivity index (χ0n) is 17.4. The summed E-state index contributed by atoms with van der Waals surface area (Å²) in [5.74, 6) is 1.60. The third-order valence-electron chi connectivity index (χ3n) is 4.97. The Morgan fingerprint density at radius 2 is 1.63 bits per heavy atom. The molecule has 0 aliphatic carbocycles. The maximum absolute atomic E-state index is 12.6. The number of fused-ring (bicyclic) bond motifs is 1. The predicted octanol–water partition coefficient (Wildman–Crippen LogP) is 4.21. The number of benzene rings is 2. The van der Waals surface area contributed by atoms with Crippen molar-refractivity contribution in [1.82, 2.24) is 15.0 Å². The monoisotopic (exact) mass is 401 g/mol. The largest absolute Gasteiger partial charge is 0.493 e. The predicted molar refractivity (Wildman–Crippen MR) is 117 cm³/mol. The van der Waals surface area contributed by atoms with Crippen LogP contribution in [0.15, 0.2) is 53.5 Å². The summed E-state index contributed by atoms with van der Waals surface area (Å²) >= 11 is 0. The quantitative estimate of drug-likeness (QED) is 0.542. The van der Waals surface area contributed by atoms with E-state index in [0.29, 0.717) is 34.6 Å². The molecule has 4 aromatic rings. The summed E-state index contributed by atoms with van der Waals surface area (Å²) in [6.45, 7) is 4.16. The Labute approximate surface area is 174 Å². The maximum atomic E-state index is 12.6. The summed E-state index contributed by atoms with van der Waals surface area (Å²) < 4.78 is 10.6. The topological polar surface area (TPSA) is 77.1 Å². The van der Waals surface area contributed by atoms with E-state index >= 15 is 0 Å². The summed E-state index contributed by atoms with van der Waals surface area (Å²) in [5.41, 5.74) is 5.74. The number of nitrogens with one attached hydrogen (secondary N) is 1. The molecule has 0 saturated heterocycles. The van der Waals surface area contributed by atoms with E-state index < -0.39 is 0 Å². The molecule has 0 amide bonds. The zero-order chi connectivity index (χ0) is 21.3. The molecule has 2 heterocycles. The van der Waals surface area contributed by atoms with Crippen molar-refractivity contribution in [2.24, 2.45) is 0 Å². The summed E-state index contributed by atoms with van der Waals surface area (Å²) in [7, 11) is 3.09. The highest BCUT2D eigenvalue weighted by Gasteiger charge is 2.11. The molecule has 0 saturated carbocycles.